The van der Waals surface area contributed by atoms with E-state index in [0.717, 1.165) is 60.7 Å². The first-order valence-electron chi connectivity index (χ1n) is 13.2. The molecule has 3 saturated carbocycles. The van der Waals surface area contributed by atoms with Crippen molar-refractivity contribution >= 4 is 0 Å². The van der Waals surface area contributed by atoms with E-state index >= 15 is 0 Å². The van der Waals surface area contributed by atoms with Gasteiger partial charge < -0.3 is 10.2 Å². The molecule has 0 radical (unpaired) electrons. The molecule has 2 N–H and O–H groups in total. The Morgan fingerprint density at radius 3 is 2.53 bits per heavy atom. The Bertz CT molecular complexity index is 635. The van der Waals surface area contributed by atoms with E-state index in [0.29, 0.717) is 5.41 Å². The predicted octanol–water partition coefficient (Wildman–Crippen LogP) is 6.75. The molecule has 0 aromatic carbocycles. The van der Waals surface area contributed by atoms with Gasteiger partial charge in [0.1, 0.15) is 0 Å². The molecule has 0 aromatic heterocycles. The summed E-state index contributed by atoms with van der Waals surface area (Å²) in [6.07, 6.45) is 15.9. The summed E-state index contributed by atoms with van der Waals surface area (Å²) in [4.78, 5) is 0. The Morgan fingerprint density at radius 2 is 1.80 bits per heavy atom. The molecule has 0 amide bonds. The zero-order valence-corrected chi connectivity index (χ0v) is 20.4. The Kier molecular flexibility index (Phi) is 6.50. The van der Waals surface area contributed by atoms with E-state index in [9.17, 15) is 10.2 Å². The first kappa shape index (κ1) is 22.8. The molecule has 30 heavy (non-hydrogen) atoms. The van der Waals surface area contributed by atoms with E-state index in [-0.39, 0.29) is 6.10 Å². The van der Waals surface area contributed by atoms with Crippen molar-refractivity contribution in [3.8, 4) is 0 Å². The first-order valence-corrected chi connectivity index (χ1v) is 13.2. The quantitative estimate of drug-likeness (QED) is 0.487. The fourth-order valence-corrected chi connectivity index (χ4v) is 8.94. The van der Waals surface area contributed by atoms with Crippen molar-refractivity contribution in [2.45, 2.75) is 117 Å². The molecule has 2 heteroatoms. The summed E-state index contributed by atoms with van der Waals surface area (Å²) in [6.45, 7) is 11.6. The minimum atomic E-state index is -0.495. The van der Waals surface area contributed by atoms with E-state index in [4.69, 9.17) is 0 Å². The minimum Gasteiger partial charge on any atom is -0.393 e. The zero-order chi connectivity index (χ0) is 21.7. The highest BCUT2D eigenvalue weighted by Crippen LogP contribution is 2.65. The molecule has 0 heterocycles. The van der Waals surface area contributed by atoms with Crippen LogP contribution in [0.5, 0.6) is 0 Å². The second-order valence-electron chi connectivity index (χ2n) is 12.6. The molecule has 0 aliphatic heterocycles. The highest BCUT2D eigenvalue weighted by atomic mass is 16.3. The van der Waals surface area contributed by atoms with Crippen LogP contribution in [-0.4, -0.2) is 21.9 Å². The summed E-state index contributed by atoms with van der Waals surface area (Å²) in [6, 6.07) is 0. The van der Waals surface area contributed by atoms with Gasteiger partial charge in [-0.25, -0.2) is 0 Å². The minimum absolute atomic E-state index is 0.148. The van der Waals surface area contributed by atoms with Gasteiger partial charge in [-0.1, -0.05) is 45.3 Å². The standard InChI is InChI=1S/C28H48O2/c1-18(7-6-8-20(3)29)24-11-12-25-22-10-9-21-17-27(4,30)15-13-19(2)26(21)23(22)14-16-28(24,25)5/h9,18-20,22-26,29-30H,6-8,10-17H2,1-5H3/t18-,19-,20-,22-,23+,24-,25+,26?,27+,28-/m1/s1. The summed E-state index contributed by atoms with van der Waals surface area (Å²) in [5.41, 5.74) is 1.64. The predicted molar refractivity (Wildman–Crippen MR) is 125 cm³/mol. The van der Waals surface area contributed by atoms with Crippen LogP contribution in [0.4, 0.5) is 0 Å². The number of aliphatic hydroxyl groups excluding tert-OH is 1. The summed E-state index contributed by atoms with van der Waals surface area (Å²) < 4.78 is 0. The third kappa shape index (κ3) is 4.17. The average Bonchev–Trinajstić information content (AvgIpc) is 2.97. The second-order valence-corrected chi connectivity index (χ2v) is 12.6. The largest absolute Gasteiger partial charge is 0.393 e. The molecule has 1 unspecified atom stereocenters. The van der Waals surface area contributed by atoms with Crippen molar-refractivity contribution < 1.29 is 10.2 Å². The van der Waals surface area contributed by atoms with Crippen LogP contribution >= 0.6 is 0 Å². The van der Waals surface area contributed by atoms with Crippen LogP contribution in [0.25, 0.3) is 0 Å². The summed E-state index contributed by atoms with van der Waals surface area (Å²) >= 11 is 0. The van der Waals surface area contributed by atoms with Gasteiger partial charge in [0.25, 0.3) is 0 Å². The van der Waals surface area contributed by atoms with Crippen molar-refractivity contribution in [2.24, 2.45) is 46.8 Å². The van der Waals surface area contributed by atoms with Gasteiger partial charge in [-0.15, -0.1) is 0 Å². The monoisotopic (exact) mass is 416 g/mol. The Hall–Kier alpha value is -0.340. The number of fused-ring (bicyclic) bond motifs is 5. The fraction of sp³-hybridized carbons (Fsp3) is 0.929. The number of rotatable bonds is 5. The van der Waals surface area contributed by atoms with Crippen molar-refractivity contribution in [3.05, 3.63) is 11.6 Å². The highest BCUT2D eigenvalue weighted by Gasteiger charge is 2.57. The van der Waals surface area contributed by atoms with Crippen LogP contribution in [-0.2, 0) is 0 Å². The van der Waals surface area contributed by atoms with Gasteiger partial charge in [0.05, 0.1) is 11.7 Å². The van der Waals surface area contributed by atoms with Crippen LogP contribution in [0.3, 0.4) is 0 Å². The normalized spacial score (nSPS) is 48.0. The molecule has 0 saturated heterocycles. The van der Waals surface area contributed by atoms with E-state index in [1.165, 1.54) is 51.4 Å². The average molecular weight is 417 g/mol. The van der Waals surface area contributed by atoms with Crippen molar-refractivity contribution in [2.75, 3.05) is 0 Å². The second kappa shape index (κ2) is 8.54. The molecule has 0 bridgehead atoms. The van der Waals surface area contributed by atoms with Gasteiger partial charge in [-0.2, -0.15) is 0 Å². The molecular weight excluding hydrogens is 368 g/mol. The Labute approximate surface area is 185 Å². The molecule has 2 nitrogen and oxygen atoms in total. The van der Waals surface area contributed by atoms with Crippen LogP contribution in [0.1, 0.15) is 105 Å². The van der Waals surface area contributed by atoms with E-state index < -0.39 is 5.60 Å². The van der Waals surface area contributed by atoms with Gasteiger partial charge in [0, 0.05) is 0 Å². The first-order chi connectivity index (χ1) is 14.1. The zero-order valence-electron chi connectivity index (χ0n) is 20.4. The van der Waals surface area contributed by atoms with Crippen LogP contribution in [0.15, 0.2) is 11.6 Å². The van der Waals surface area contributed by atoms with Crippen LogP contribution in [0.2, 0.25) is 0 Å². The summed E-state index contributed by atoms with van der Waals surface area (Å²) in [7, 11) is 0. The van der Waals surface area contributed by atoms with Gasteiger partial charge >= 0.3 is 0 Å². The Morgan fingerprint density at radius 1 is 1.03 bits per heavy atom. The lowest BCUT2D eigenvalue weighted by atomic mass is 9.51. The molecule has 0 spiro atoms. The Balaban J connectivity index is 1.50. The summed E-state index contributed by atoms with van der Waals surface area (Å²) in [5.74, 6) is 5.74. The van der Waals surface area contributed by atoms with Gasteiger partial charge in [-0.05, 0) is 118 Å². The molecule has 10 atom stereocenters. The van der Waals surface area contributed by atoms with Crippen molar-refractivity contribution in [1.29, 1.82) is 0 Å². The molecular formula is C28H48O2. The maximum Gasteiger partial charge on any atom is 0.0656 e. The van der Waals surface area contributed by atoms with Crippen molar-refractivity contribution in [1.82, 2.24) is 0 Å². The van der Waals surface area contributed by atoms with E-state index in [2.05, 4.69) is 33.8 Å². The topological polar surface area (TPSA) is 40.5 Å². The van der Waals surface area contributed by atoms with Gasteiger partial charge in [-0.3, -0.25) is 0 Å². The number of hydrogen-bond donors (Lipinski definition) is 2. The van der Waals surface area contributed by atoms with Gasteiger partial charge in [0.15, 0.2) is 0 Å². The fourth-order valence-electron chi connectivity index (χ4n) is 8.94. The third-order valence-corrected chi connectivity index (χ3v) is 10.4. The lowest BCUT2D eigenvalue weighted by Crippen LogP contribution is -2.47. The summed E-state index contributed by atoms with van der Waals surface area (Å²) in [5, 5.41) is 20.5. The SMILES string of the molecule is C[C@@H]1CC[C@](C)(O)CC2=CC[C@@H]3[C@H](CC[C@]4(C)[C@@H]([C@H](C)CCC[C@@H](C)O)CC[C@@H]34)C21. The lowest BCUT2D eigenvalue weighted by molar-refractivity contribution is -0.0294. The molecule has 3 fully saturated rings. The smallest absolute Gasteiger partial charge is 0.0656 e. The van der Waals surface area contributed by atoms with Crippen LogP contribution < -0.4 is 0 Å². The lowest BCUT2D eigenvalue weighted by Gasteiger charge is -2.54. The maximum atomic E-state index is 10.8. The van der Waals surface area contributed by atoms with E-state index in [1.807, 2.05) is 6.92 Å². The van der Waals surface area contributed by atoms with Crippen molar-refractivity contribution in [3.63, 3.8) is 0 Å². The molecule has 172 valence electrons. The number of hydrogen-bond acceptors (Lipinski definition) is 2. The molecule has 0 aromatic rings. The molecule has 4 rings (SSSR count). The third-order valence-electron chi connectivity index (χ3n) is 10.4. The van der Waals surface area contributed by atoms with E-state index in [1.54, 1.807) is 5.57 Å². The number of allylic oxidation sites excluding steroid dienone is 1. The molecule has 4 aliphatic carbocycles. The highest BCUT2D eigenvalue weighted by molar-refractivity contribution is 5.21. The maximum absolute atomic E-state index is 10.8. The number of aliphatic hydroxyl groups is 2. The molecule has 4 aliphatic rings. The van der Waals surface area contributed by atoms with Crippen LogP contribution in [0, 0.1) is 46.8 Å². The van der Waals surface area contributed by atoms with Gasteiger partial charge in [0.2, 0.25) is 0 Å².